The molecule has 0 saturated heterocycles. The Morgan fingerprint density at radius 1 is 1.53 bits per heavy atom. The van der Waals surface area contributed by atoms with Gasteiger partial charge in [-0.25, -0.2) is 4.98 Å². The van der Waals surface area contributed by atoms with Gasteiger partial charge in [-0.15, -0.1) is 0 Å². The summed E-state index contributed by atoms with van der Waals surface area (Å²) in [7, 11) is 0. The maximum atomic E-state index is 10.6. The lowest BCUT2D eigenvalue weighted by Gasteiger charge is -2.30. The molecule has 19 heavy (non-hydrogen) atoms. The van der Waals surface area contributed by atoms with Gasteiger partial charge in [-0.3, -0.25) is 10.1 Å². The number of aromatic nitrogens is 2. The fourth-order valence-electron chi connectivity index (χ4n) is 2.31. The minimum absolute atomic E-state index is 0.0981. The fourth-order valence-corrected chi connectivity index (χ4v) is 3.24. The lowest BCUT2D eigenvalue weighted by atomic mass is 9.95. The van der Waals surface area contributed by atoms with Crippen molar-refractivity contribution in [2.45, 2.75) is 37.0 Å². The molecule has 1 aliphatic carbocycles. The summed E-state index contributed by atoms with van der Waals surface area (Å²) >= 11 is 1.83. The Bertz CT molecular complexity index is 470. The van der Waals surface area contributed by atoms with Crippen LogP contribution in [-0.2, 0) is 0 Å². The van der Waals surface area contributed by atoms with E-state index in [2.05, 4.69) is 21.5 Å². The van der Waals surface area contributed by atoms with Crippen molar-refractivity contribution in [2.75, 3.05) is 17.3 Å². The lowest BCUT2D eigenvalue weighted by Crippen LogP contribution is -2.34. The van der Waals surface area contributed by atoms with E-state index >= 15 is 0 Å². The molecule has 104 valence electrons. The first-order valence-corrected chi connectivity index (χ1v) is 7.47. The first-order valence-electron chi connectivity index (χ1n) is 6.18. The van der Waals surface area contributed by atoms with E-state index in [0.29, 0.717) is 17.2 Å². The van der Waals surface area contributed by atoms with Gasteiger partial charge < -0.3 is 11.1 Å². The minimum Gasteiger partial charge on any atom is -0.378 e. The highest BCUT2D eigenvalue weighted by molar-refractivity contribution is 7.99. The van der Waals surface area contributed by atoms with Gasteiger partial charge in [0.15, 0.2) is 0 Å². The first-order chi connectivity index (χ1) is 9.11. The van der Waals surface area contributed by atoms with E-state index in [1.165, 1.54) is 19.3 Å². The third-order valence-electron chi connectivity index (χ3n) is 3.31. The summed E-state index contributed by atoms with van der Waals surface area (Å²) in [5.74, 6) is 0.271. The van der Waals surface area contributed by atoms with Crippen LogP contribution in [0.15, 0.2) is 6.20 Å². The van der Waals surface area contributed by atoms with Gasteiger partial charge in [0.05, 0.1) is 4.92 Å². The van der Waals surface area contributed by atoms with Crippen LogP contribution in [0.5, 0.6) is 0 Å². The Morgan fingerprint density at radius 3 is 2.89 bits per heavy atom. The van der Waals surface area contributed by atoms with Crippen molar-refractivity contribution in [3.63, 3.8) is 0 Å². The molecule has 0 bridgehead atoms. The third kappa shape index (κ3) is 3.25. The van der Waals surface area contributed by atoms with Crippen molar-refractivity contribution in [3.8, 4) is 0 Å². The van der Waals surface area contributed by atoms with Crippen molar-refractivity contribution >= 4 is 29.2 Å². The van der Waals surface area contributed by atoms with Crippen LogP contribution in [0, 0.1) is 10.1 Å². The van der Waals surface area contributed by atoms with E-state index in [4.69, 9.17) is 5.73 Å². The highest BCUT2D eigenvalue weighted by atomic mass is 32.2. The third-order valence-corrected chi connectivity index (χ3v) is 4.48. The van der Waals surface area contributed by atoms with Crippen LogP contribution in [0.2, 0.25) is 0 Å². The number of nitro groups is 1. The van der Waals surface area contributed by atoms with Crippen LogP contribution in [-0.4, -0.2) is 32.4 Å². The molecular weight excluding hydrogens is 266 g/mol. The molecule has 1 saturated carbocycles. The molecule has 2 atom stereocenters. The van der Waals surface area contributed by atoms with Gasteiger partial charge in [-0.05, 0) is 19.1 Å². The average Bonchev–Trinajstić information content (AvgIpc) is 2.39. The molecule has 3 N–H and O–H groups in total. The quantitative estimate of drug-likeness (QED) is 0.643. The summed E-state index contributed by atoms with van der Waals surface area (Å²) in [6.07, 6.45) is 7.90. The summed E-state index contributed by atoms with van der Waals surface area (Å²) in [4.78, 5) is 18.0. The van der Waals surface area contributed by atoms with E-state index in [9.17, 15) is 10.1 Å². The number of nitrogens with one attached hydrogen (secondary N) is 1. The van der Waals surface area contributed by atoms with E-state index < -0.39 is 4.92 Å². The highest BCUT2D eigenvalue weighted by Crippen LogP contribution is 2.29. The van der Waals surface area contributed by atoms with Crippen LogP contribution in [0.25, 0.3) is 0 Å². The molecule has 2 rings (SSSR count). The van der Waals surface area contributed by atoms with Crippen LogP contribution >= 0.6 is 11.8 Å². The number of nitrogens with two attached hydrogens (primary N) is 1. The molecule has 0 aliphatic heterocycles. The van der Waals surface area contributed by atoms with E-state index in [-0.39, 0.29) is 11.5 Å². The molecule has 1 aliphatic rings. The standard InChI is InChI=1S/C11H17N5O2S/c1-19-9-5-3-2-4-7(9)14-11-13-6-8(16(17)18)10(12)15-11/h6-7,9H,2-5H2,1H3,(H3,12,13,14,15)/t7-,9-/m1/s1. The molecule has 0 radical (unpaired) electrons. The maximum Gasteiger partial charge on any atom is 0.329 e. The number of hydrogen-bond donors (Lipinski definition) is 2. The summed E-state index contributed by atoms with van der Waals surface area (Å²) in [5, 5.41) is 14.4. The number of nitrogen functional groups attached to an aromatic ring is 1. The van der Waals surface area contributed by atoms with Crippen molar-refractivity contribution in [2.24, 2.45) is 0 Å². The monoisotopic (exact) mass is 283 g/mol. The normalized spacial score (nSPS) is 23.0. The van der Waals surface area contributed by atoms with E-state index in [1.807, 2.05) is 11.8 Å². The maximum absolute atomic E-state index is 10.6. The molecule has 1 heterocycles. The van der Waals surface area contributed by atoms with Crippen LogP contribution < -0.4 is 11.1 Å². The van der Waals surface area contributed by atoms with Crippen LogP contribution in [0.1, 0.15) is 25.7 Å². The van der Waals surface area contributed by atoms with Crippen molar-refractivity contribution < 1.29 is 4.92 Å². The van der Waals surface area contributed by atoms with Crippen LogP contribution in [0.3, 0.4) is 0 Å². The van der Waals surface area contributed by atoms with E-state index in [0.717, 1.165) is 12.6 Å². The molecule has 7 nitrogen and oxygen atoms in total. The first kappa shape index (κ1) is 13.9. The summed E-state index contributed by atoms with van der Waals surface area (Å²) in [6, 6.07) is 0.296. The average molecular weight is 283 g/mol. The van der Waals surface area contributed by atoms with Gasteiger partial charge in [0, 0.05) is 11.3 Å². The summed E-state index contributed by atoms with van der Waals surface area (Å²) in [6.45, 7) is 0. The molecule has 0 aromatic carbocycles. The smallest absolute Gasteiger partial charge is 0.329 e. The molecule has 1 aromatic rings. The Morgan fingerprint density at radius 2 is 2.26 bits per heavy atom. The second-order valence-corrected chi connectivity index (χ2v) is 5.61. The Balaban J connectivity index is 2.10. The highest BCUT2D eigenvalue weighted by Gasteiger charge is 2.25. The van der Waals surface area contributed by atoms with Gasteiger partial charge >= 0.3 is 5.69 Å². The Kier molecular flexibility index (Phi) is 4.41. The SMILES string of the molecule is CS[C@@H]1CCCC[C@H]1Nc1ncc([N+](=O)[O-])c(N)n1. The Hall–Kier alpha value is -1.57. The molecule has 0 amide bonds. The number of anilines is 2. The molecular formula is C11H17N5O2S. The molecule has 1 aromatic heterocycles. The second kappa shape index (κ2) is 6.05. The Labute approximate surface area is 115 Å². The molecule has 0 spiro atoms. The predicted octanol–water partition coefficient (Wildman–Crippen LogP) is 2.05. The largest absolute Gasteiger partial charge is 0.378 e. The van der Waals surface area contributed by atoms with Gasteiger partial charge in [0.1, 0.15) is 6.20 Å². The fraction of sp³-hybridized carbons (Fsp3) is 0.636. The number of thioether (sulfide) groups is 1. The van der Waals surface area contributed by atoms with Gasteiger partial charge in [0.2, 0.25) is 11.8 Å². The van der Waals surface area contributed by atoms with Gasteiger partial charge in [-0.2, -0.15) is 16.7 Å². The van der Waals surface area contributed by atoms with Crippen molar-refractivity contribution in [3.05, 3.63) is 16.3 Å². The number of rotatable bonds is 4. The predicted molar refractivity (Wildman–Crippen MR) is 76.3 cm³/mol. The van der Waals surface area contributed by atoms with Crippen molar-refractivity contribution in [1.82, 2.24) is 9.97 Å². The summed E-state index contributed by atoms with van der Waals surface area (Å²) < 4.78 is 0. The van der Waals surface area contributed by atoms with Crippen molar-refractivity contribution in [1.29, 1.82) is 0 Å². The molecule has 1 fully saturated rings. The van der Waals surface area contributed by atoms with Gasteiger partial charge in [0.25, 0.3) is 0 Å². The zero-order valence-electron chi connectivity index (χ0n) is 10.7. The number of nitrogens with zero attached hydrogens (tertiary/aromatic N) is 3. The van der Waals surface area contributed by atoms with E-state index in [1.54, 1.807) is 0 Å². The zero-order valence-corrected chi connectivity index (χ0v) is 11.5. The van der Waals surface area contributed by atoms with Crippen LogP contribution in [0.4, 0.5) is 17.5 Å². The number of hydrogen-bond acceptors (Lipinski definition) is 7. The topological polar surface area (TPSA) is 107 Å². The zero-order chi connectivity index (χ0) is 13.8. The summed E-state index contributed by atoms with van der Waals surface area (Å²) in [5.41, 5.74) is 5.30. The molecule has 8 heteroatoms. The lowest BCUT2D eigenvalue weighted by molar-refractivity contribution is -0.384. The minimum atomic E-state index is -0.579. The second-order valence-electron chi connectivity index (χ2n) is 4.53. The molecule has 0 unspecified atom stereocenters. The van der Waals surface area contributed by atoms with Gasteiger partial charge in [-0.1, -0.05) is 12.8 Å².